The molecule has 1 atom stereocenters. The highest BCUT2D eigenvalue weighted by Gasteiger charge is 1.81. The van der Waals surface area contributed by atoms with Gasteiger partial charge in [-0.2, -0.15) is 0 Å². The van der Waals surface area contributed by atoms with Crippen LogP contribution in [0.1, 0.15) is 13.8 Å². The summed E-state index contributed by atoms with van der Waals surface area (Å²) in [6, 6.07) is 0. The van der Waals surface area contributed by atoms with Gasteiger partial charge in [0.25, 0.3) is 0 Å². The van der Waals surface area contributed by atoms with Crippen LogP contribution in [0.25, 0.3) is 0 Å². The summed E-state index contributed by atoms with van der Waals surface area (Å²) < 4.78 is 0. The quantitative estimate of drug-likeness (QED) is 0.452. The molecule has 0 aromatic heterocycles. The smallest absolute Gasteiger partial charge is 0.0203 e. The molecule has 0 nitrogen and oxygen atoms in total. The van der Waals surface area contributed by atoms with Gasteiger partial charge in [-0.25, -0.2) is 0 Å². The van der Waals surface area contributed by atoms with E-state index in [0.29, 0.717) is 0 Å². The molecule has 1 unspecified atom stereocenters. The van der Waals surface area contributed by atoms with Crippen molar-refractivity contribution in [3.8, 4) is 0 Å². The van der Waals surface area contributed by atoms with Crippen molar-refractivity contribution in [1.29, 1.82) is 0 Å². The number of hydrogen-bond acceptors (Lipinski definition) is 0. The Morgan fingerprint density at radius 2 is 1.80 bits per heavy atom. The minimum atomic E-state index is 0.899. The molecule has 0 aromatic carbocycles. The lowest BCUT2D eigenvalue weighted by Crippen LogP contribution is -1.73. The Morgan fingerprint density at radius 3 is 1.80 bits per heavy atom. The number of rotatable bonds is 1. The van der Waals surface area contributed by atoms with E-state index in [0.717, 1.165) is 11.9 Å². The molecule has 0 spiro atoms. The summed E-state index contributed by atoms with van der Waals surface area (Å²) in [6.07, 6.45) is 1.08. The molecule has 0 N–H and O–H groups in total. The molecular weight excluding hydrogens is 194 g/mol. The Bertz CT molecular complexity index is 20.9. The van der Waals surface area contributed by atoms with Gasteiger partial charge in [0.1, 0.15) is 0 Å². The third-order valence-electron chi connectivity index (χ3n) is 0.218. The Labute approximate surface area is 48.0 Å². The molecule has 32 valence electrons. The van der Waals surface area contributed by atoms with Crippen LogP contribution in [0, 0.1) is 0 Å². The SMILES string of the molecule is CC(C)PI. The predicted molar refractivity (Wildman–Crippen MR) is 37.5 cm³/mol. The van der Waals surface area contributed by atoms with Gasteiger partial charge in [-0.15, -0.1) is 0 Å². The van der Waals surface area contributed by atoms with E-state index >= 15 is 0 Å². The molecule has 0 aromatic rings. The van der Waals surface area contributed by atoms with Crippen LogP contribution in [0.5, 0.6) is 0 Å². The van der Waals surface area contributed by atoms with Crippen LogP contribution in [0.2, 0.25) is 0 Å². The first-order chi connectivity index (χ1) is 2.27. The fourth-order valence-electron chi connectivity index (χ4n) is 0. The fourth-order valence-corrected chi connectivity index (χ4v) is 0. The highest BCUT2D eigenvalue weighted by Crippen LogP contribution is 2.26. The monoisotopic (exact) mass is 202 g/mol. The molecule has 0 aliphatic heterocycles. The molecule has 0 fully saturated rings. The van der Waals surface area contributed by atoms with E-state index in [1.807, 2.05) is 0 Å². The predicted octanol–water partition coefficient (Wildman–Crippen LogP) is 2.42. The van der Waals surface area contributed by atoms with Crippen molar-refractivity contribution in [3.05, 3.63) is 0 Å². The molecule has 0 saturated heterocycles. The average Bonchev–Trinajstić information content (AvgIpc) is 1.38. The highest BCUT2D eigenvalue weighted by molar-refractivity contribution is 14.2. The molecule has 0 rings (SSSR count). The standard InChI is InChI=1S/C3H8IP/c1-3(2)5-4/h3,5H,1-2H3. The molecule has 2 heteroatoms. The van der Waals surface area contributed by atoms with Crippen LogP contribution in [0.3, 0.4) is 0 Å². The summed E-state index contributed by atoms with van der Waals surface area (Å²) in [7, 11) is 0. The molecule has 5 heavy (non-hydrogen) atoms. The fraction of sp³-hybridized carbons (Fsp3) is 1.00. The highest BCUT2D eigenvalue weighted by atomic mass is 127. The number of halogens is 1. The normalized spacial score (nSPS) is 12.0. The zero-order valence-corrected chi connectivity index (χ0v) is 6.61. The lowest BCUT2D eigenvalue weighted by Gasteiger charge is -1.89. The van der Waals surface area contributed by atoms with Crippen molar-refractivity contribution in [2.24, 2.45) is 0 Å². The lowest BCUT2D eigenvalue weighted by atomic mass is 10.6. The summed E-state index contributed by atoms with van der Waals surface area (Å²) in [5.41, 5.74) is 0.899. The summed E-state index contributed by atoms with van der Waals surface area (Å²) >= 11 is 2.41. The second-order valence-corrected chi connectivity index (χ2v) is 4.51. The summed E-state index contributed by atoms with van der Waals surface area (Å²) in [6.45, 7) is 4.45. The Kier molecular flexibility index (Phi) is 4.13. The van der Waals surface area contributed by atoms with Gasteiger partial charge in [0, 0.05) is 0 Å². The topological polar surface area (TPSA) is 0 Å². The minimum Gasteiger partial charge on any atom is -0.0583 e. The third-order valence-corrected chi connectivity index (χ3v) is 4.39. The van der Waals surface area contributed by atoms with E-state index in [1.54, 1.807) is 0 Å². The molecule has 0 saturated carbocycles. The molecule has 0 amide bonds. The first-order valence-electron chi connectivity index (χ1n) is 1.63. The first-order valence-corrected chi connectivity index (χ1v) is 5.82. The van der Waals surface area contributed by atoms with Gasteiger partial charge in [0.15, 0.2) is 0 Å². The van der Waals surface area contributed by atoms with Crippen molar-refractivity contribution in [3.63, 3.8) is 0 Å². The molecular formula is C3H8IP. The maximum Gasteiger partial charge on any atom is -0.0203 e. The van der Waals surface area contributed by atoms with Gasteiger partial charge >= 0.3 is 0 Å². The minimum absolute atomic E-state index is 0.899. The van der Waals surface area contributed by atoms with Gasteiger partial charge in [-0.05, 0) is 5.66 Å². The average molecular weight is 202 g/mol. The zero-order chi connectivity index (χ0) is 4.28. The van der Waals surface area contributed by atoms with E-state index in [1.165, 1.54) is 0 Å². The van der Waals surface area contributed by atoms with E-state index < -0.39 is 0 Å². The Hall–Kier alpha value is 1.16. The van der Waals surface area contributed by atoms with Crippen LogP contribution < -0.4 is 0 Å². The van der Waals surface area contributed by atoms with Gasteiger partial charge in [-0.3, -0.25) is 0 Å². The molecule has 0 radical (unpaired) electrons. The van der Waals surface area contributed by atoms with Crippen LogP contribution in [0.4, 0.5) is 0 Å². The van der Waals surface area contributed by atoms with Crippen LogP contribution in [0.15, 0.2) is 0 Å². The van der Waals surface area contributed by atoms with Gasteiger partial charge in [-0.1, -0.05) is 42.1 Å². The van der Waals surface area contributed by atoms with Crippen molar-refractivity contribution in [2.45, 2.75) is 19.5 Å². The zero-order valence-electron chi connectivity index (χ0n) is 3.46. The lowest BCUT2D eigenvalue weighted by molar-refractivity contribution is 1.12. The first kappa shape index (κ1) is 6.16. The van der Waals surface area contributed by atoms with Crippen LogP contribution in [-0.4, -0.2) is 5.66 Å². The Morgan fingerprint density at radius 1 is 1.60 bits per heavy atom. The molecule has 0 bridgehead atoms. The summed E-state index contributed by atoms with van der Waals surface area (Å²) in [4.78, 5) is 0. The van der Waals surface area contributed by atoms with E-state index in [9.17, 15) is 0 Å². The second kappa shape index (κ2) is 3.35. The van der Waals surface area contributed by atoms with E-state index in [4.69, 9.17) is 0 Å². The van der Waals surface area contributed by atoms with Gasteiger partial charge in [0.2, 0.25) is 0 Å². The van der Waals surface area contributed by atoms with Gasteiger partial charge in [0.05, 0.1) is 0 Å². The Balaban J connectivity index is 2.54. The molecule has 0 heterocycles. The second-order valence-electron chi connectivity index (χ2n) is 1.26. The van der Waals surface area contributed by atoms with Crippen molar-refractivity contribution >= 4 is 28.3 Å². The molecule has 0 aliphatic rings. The van der Waals surface area contributed by atoms with Gasteiger partial charge < -0.3 is 0 Å². The summed E-state index contributed by atoms with van der Waals surface area (Å²) in [5.74, 6) is 0. The molecule has 0 aliphatic carbocycles. The third kappa shape index (κ3) is 5.16. The maximum atomic E-state index is 2.41. The van der Waals surface area contributed by atoms with E-state index in [-0.39, 0.29) is 0 Å². The van der Waals surface area contributed by atoms with Crippen molar-refractivity contribution < 1.29 is 0 Å². The maximum absolute atomic E-state index is 2.41. The van der Waals surface area contributed by atoms with Crippen LogP contribution in [-0.2, 0) is 0 Å². The van der Waals surface area contributed by atoms with Crippen molar-refractivity contribution in [1.82, 2.24) is 0 Å². The number of hydrogen-bond donors (Lipinski definition) is 0. The summed E-state index contributed by atoms with van der Waals surface area (Å²) in [5, 5.41) is 0. The largest absolute Gasteiger partial charge is 0.0583 e. The van der Waals surface area contributed by atoms with Crippen molar-refractivity contribution in [2.75, 3.05) is 0 Å². The van der Waals surface area contributed by atoms with Crippen LogP contribution >= 0.6 is 28.3 Å². The van der Waals surface area contributed by atoms with E-state index in [2.05, 4.69) is 35.9 Å².